The fraction of sp³-hybridized carbons (Fsp3) is 1.00. The summed E-state index contributed by atoms with van der Waals surface area (Å²) in [4.78, 5) is 4.92. The summed E-state index contributed by atoms with van der Waals surface area (Å²) < 4.78 is 0. The van der Waals surface area contributed by atoms with E-state index in [2.05, 4.69) is 43.1 Å². The van der Waals surface area contributed by atoms with Crippen LogP contribution in [0.4, 0.5) is 0 Å². The summed E-state index contributed by atoms with van der Waals surface area (Å²) in [5.41, 5.74) is 0. The molecule has 1 aliphatic heterocycles. The Hall–Kier alpha value is -0.120. The van der Waals surface area contributed by atoms with Crippen LogP contribution < -0.4 is 5.32 Å². The van der Waals surface area contributed by atoms with Crippen LogP contribution in [0.25, 0.3) is 0 Å². The zero-order valence-electron chi connectivity index (χ0n) is 12.2. The molecule has 0 aromatic heterocycles. The molecule has 0 saturated carbocycles. The lowest BCUT2D eigenvalue weighted by molar-refractivity contribution is 0.272. The van der Waals surface area contributed by atoms with Crippen molar-refractivity contribution in [2.75, 3.05) is 53.4 Å². The number of likely N-dealkylation sites (N-methyl/N-ethyl adjacent to an activating group) is 1. The minimum Gasteiger partial charge on any atom is -0.315 e. The molecule has 1 rings (SSSR count). The lowest BCUT2D eigenvalue weighted by Crippen LogP contribution is -2.34. The molecule has 1 atom stereocenters. The summed E-state index contributed by atoms with van der Waals surface area (Å²) in [7, 11) is 4.48. The van der Waals surface area contributed by atoms with Crippen LogP contribution in [0, 0.1) is 11.8 Å². The van der Waals surface area contributed by atoms with Crippen LogP contribution in [0.1, 0.15) is 26.7 Å². The van der Waals surface area contributed by atoms with Gasteiger partial charge in [0.05, 0.1) is 0 Å². The van der Waals surface area contributed by atoms with Crippen molar-refractivity contribution in [1.29, 1.82) is 0 Å². The first-order valence-corrected chi connectivity index (χ1v) is 7.15. The van der Waals surface area contributed by atoms with Crippen molar-refractivity contribution >= 4 is 0 Å². The average Bonchev–Trinajstić information content (AvgIpc) is 2.63. The van der Waals surface area contributed by atoms with E-state index in [1.807, 2.05) is 0 Å². The molecule has 1 aliphatic rings. The Morgan fingerprint density at radius 2 is 2.12 bits per heavy atom. The van der Waals surface area contributed by atoms with Crippen molar-refractivity contribution in [1.82, 2.24) is 15.1 Å². The Morgan fingerprint density at radius 1 is 1.35 bits per heavy atom. The van der Waals surface area contributed by atoms with E-state index in [1.54, 1.807) is 0 Å². The van der Waals surface area contributed by atoms with Gasteiger partial charge in [-0.15, -0.1) is 0 Å². The van der Waals surface area contributed by atoms with Gasteiger partial charge in [0.2, 0.25) is 0 Å². The van der Waals surface area contributed by atoms with E-state index in [1.165, 1.54) is 39.0 Å². The van der Waals surface area contributed by atoms with Gasteiger partial charge in [-0.05, 0) is 51.9 Å². The van der Waals surface area contributed by atoms with Crippen molar-refractivity contribution in [3.8, 4) is 0 Å². The van der Waals surface area contributed by atoms with Crippen LogP contribution in [0.3, 0.4) is 0 Å². The van der Waals surface area contributed by atoms with Gasteiger partial charge in [0, 0.05) is 26.2 Å². The van der Waals surface area contributed by atoms with Gasteiger partial charge in [-0.2, -0.15) is 0 Å². The van der Waals surface area contributed by atoms with Crippen LogP contribution in [0.2, 0.25) is 0 Å². The van der Waals surface area contributed by atoms with Gasteiger partial charge in [0.1, 0.15) is 0 Å². The highest BCUT2D eigenvalue weighted by atomic mass is 15.2. The first-order chi connectivity index (χ1) is 8.08. The Bertz CT molecular complexity index is 194. The predicted octanol–water partition coefficient (Wildman–Crippen LogP) is 1.51. The Balaban J connectivity index is 1.96. The van der Waals surface area contributed by atoms with Crippen molar-refractivity contribution in [2.45, 2.75) is 26.7 Å². The number of likely N-dealkylation sites (tertiary alicyclic amines) is 1. The van der Waals surface area contributed by atoms with Crippen LogP contribution in [-0.2, 0) is 0 Å². The monoisotopic (exact) mass is 241 g/mol. The summed E-state index contributed by atoms with van der Waals surface area (Å²) >= 11 is 0. The Labute approximate surface area is 108 Å². The number of nitrogens with zero attached hydrogens (tertiary/aromatic N) is 2. The molecule has 1 unspecified atom stereocenters. The zero-order valence-corrected chi connectivity index (χ0v) is 12.2. The summed E-state index contributed by atoms with van der Waals surface area (Å²) in [5, 5.41) is 3.53. The van der Waals surface area contributed by atoms with Gasteiger partial charge in [-0.25, -0.2) is 0 Å². The maximum atomic E-state index is 3.53. The Morgan fingerprint density at radius 3 is 2.71 bits per heavy atom. The second kappa shape index (κ2) is 8.06. The Kier molecular flexibility index (Phi) is 7.09. The molecule has 1 fully saturated rings. The molecule has 0 aliphatic carbocycles. The predicted molar refractivity (Wildman–Crippen MR) is 75.4 cm³/mol. The molecule has 0 aromatic rings. The zero-order chi connectivity index (χ0) is 12.7. The standard InChI is InChI=1S/C14H31N3/c1-13(2)5-7-15-8-10-17(4)12-14-6-9-16(3)11-14/h13-15H,5-12H2,1-4H3. The van der Waals surface area contributed by atoms with E-state index in [-0.39, 0.29) is 0 Å². The van der Waals surface area contributed by atoms with E-state index in [0.29, 0.717) is 0 Å². The van der Waals surface area contributed by atoms with Crippen molar-refractivity contribution in [3.05, 3.63) is 0 Å². The average molecular weight is 241 g/mol. The summed E-state index contributed by atoms with van der Waals surface area (Å²) in [6.07, 6.45) is 2.67. The third-order valence-electron chi connectivity index (χ3n) is 3.63. The van der Waals surface area contributed by atoms with Crippen LogP contribution in [0.15, 0.2) is 0 Å². The SMILES string of the molecule is CC(C)CCNCCN(C)CC1CCN(C)C1. The van der Waals surface area contributed by atoms with Gasteiger partial charge in [-0.3, -0.25) is 0 Å². The molecule has 0 aromatic carbocycles. The van der Waals surface area contributed by atoms with Gasteiger partial charge in [0.15, 0.2) is 0 Å². The van der Waals surface area contributed by atoms with Crippen molar-refractivity contribution < 1.29 is 0 Å². The normalized spacial score (nSPS) is 21.9. The summed E-state index contributed by atoms with van der Waals surface area (Å²) in [6.45, 7) is 11.9. The molecule has 1 N–H and O–H groups in total. The molecular formula is C14H31N3. The lowest BCUT2D eigenvalue weighted by Gasteiger charge is -2.21. The molecule has 0 radical (unpaired) electrons. The highest BCUT2D eigenvalue weighted by Gasteiger charge is 2.20. The van der Waals surface area contributed by atoms with Crippen LogP contribution >= 0.6 is 0 Å². The molecular weight excluding hydrogens is 210 g/mol. The first-order valence-electron chi connectivity index (χ1n) is 7.15. The summed E-state index contributed by atoms with van der Waals surface area (Å²) in [6, 6.07) is 0. The van der Waals surface area contributed by atoms with E-state index in [4.69, 9.17) is 0 Å². The van der Waals surface area contributed by atoms with Crippen LogP contribution in [-0.4, -0.2) is 63.2 Å². The minimum atomic E-state index is 0.814. The van der Waals surface area contributed by atoms with E-state index in [0.717, 1.165) is 24.9 Å². The number of nitrogens with one attached hydrogen (secondary N) is 1. The maximum Gasteiger partial charge on any atom is 0.0104 e. The molecule has 3 heteroatoms. The lowest BCUT2D eigenvalue weighted by atomic mass is 10.1. The second-order valence-electron chi connectivity index (χ2n) is 6.11. The number of hydrogen-bond acceptors (Lipinski definition) is 3. The highest BCUT2D eigenvalue weighted by Crippen LogP contribution is 2.14. The first kappa shape index (κ1) is 14.9. The number of rotatable bonds is 8. The smallest absolute Gasteiger partial charge is 0.0104 e. The minimum absolute atomic E-state index is 0.814. The molecule has 0 spiro atoms. The third kappa shape index (κ3) is 7.02. The molecule has 0 amide bonds. The van der Waals surface area contributed by atoms with Gasteiger partial charge in [-0.1, -0.05) is 13.8 Å². The van der Waals surface area contributed by atoms with Crippen molar-refractivity contribution in [3.63, 3.8) is 0 Å². The molecule has 102 valence electrons. The highest BCUT2D eigenvalue weighted by molar-refractivity contribution is 4.75. The maximum absolute atomic E-state index is 3.53. The molecule has 17 heavy (non-hydrogen) atoms. The quantitative estimate of drug-likeness (QED) is 0.650. The number of hydrogen-bond donors (Lipinski definition) is 1. The summed E-state index contributed by atoms with van der Waals surface area (Å²) in [5.74, 6) is 1.70. The van der Waals surface area contributed by atoms with Gasteiger partial charge >= 0.3 is 0 Å². The molecule has 1 saturated heterocycles. The van der Waals surface area contributed by atoms with Crippen molar-refractivity contribution in [2.24, 2.45) is 11.8 Å². The largest absolute Gasteiger partial charge is 0.315 e. The van der Waals surface area contributed by atoms with Gasteiger partial charge < -0.3 is 15.1 Å². The van der Waals surface area contributed by atoms with Crippen LogP contribution in [0.5, 0.6) is 0 Å². The fourth-order valence-corrected chi connectivity index (χ4v) is 2.49. The van der Waals surface area contributed by atoms with Gasteiger partial charge in [0.25, 0.3) is 0 Å². The van der Waals surface area contributed by atoms with E-state index in [9.17, 15) is 0 Å². The molecule has 1 heterocycles. The van der Waals surface area contributed by atoms with E-state index >= 15 is 0 Å². The van der Waals surface area contributed by atoms with E-state index < -0.39 is 0 Å². The molecule has 0 bridgehead atoms. The fourth-order valence-electron chi connectivity index (χ4n) is 2.49. The second-order valence-corrected chi connectivity index (χ2v) is 6.11. The third-order valence-corrected chi connectivity index (χ3v) is 3.63. The topological polar surface area (TPSA) is 18.5 Å². The molecule has 3 nitrogen and oxygen atoms in total.